The minimum Gasteiger partial charge on any atom is -0.434 e. The molecule has 0 atom stereocenters. The Morgan fingerprint density at radius 3 is 2.41 bits per heavy atom. The lowest BCUT2D eigenvalue weighted by Gasteiger charge is -2.43. The number of methoxy groups -OCH3 is 1. The van der Waals surface area contributed by atoms with Gasteiger partial charge in [-0.2, -0.15) is 5.06 Å². The van der Waals surface area contributed by atoms with Gasteiger partial charge in [-0.25, -0.2) is 14.7 Å². The van der Waals surface area contributed by atoms with Crippen molar-refractivity contribution in [3.63, 3.8) is 0 Å². The largest absolute Gasteiger partial charge is 0.513 e. The third-order valence-electron chi connectivity index (χ3n) is 5.84. The van der Waals surface area contributed by atoms with Crippen molar-refractivity contribution in [2.24, 2.45) is 0 Å². The second-order valence-corrected chi connectivity index (χ2v) is 8.09. The minimum atomic E-state index is -1.05. The molecule has 2 aliphatic heterocycles. The van der Waals surface area contributed by atoms with E-state index in [9.17, 15) is 9.59 Å². The normalized spacial score (nSPS) is 18.6. The van der Waals surface area contributed by atoms with E-state index in [1.54, 1.807) is 25.2 Å². The summed E-state index contributed by atoms with van der Waals surface area (Å²) in [6.07, 6.45) is -0.0940. The van der Waals surface area contributed by atoms with Crippen LogP contribution in [0.5, 0.6) is 0 Å². The maximum absolute atomic E-state index is 13.7. The van der Waals surface area contributed by atoms with Gasteiger partial charge >= 0.3 is 6.16 Å². The first kappa shape index (κ1) is 24.5. The Morgan fingerprint density at radius 1 is 1.16 bits per heavy atom. The molecule has 10 heteroatoms. The molecule has 0 aromatic heterocycles. The van der Waals surface area contributed by atoms with E-state index >= 15 is 0 Å². The zero-order valence-electron chi connectivity index (χ0n) is 19.0. The van der Waals surface area contributed by atoms with E-state index in [0.717, 1.165) is 11.1 Å². The van der Waals surface area contributed by atoms with Gasteiger partial charge in [0.05, 0.1) is 19.3 Å². The van der Waals surface area contributed by atoms with Gasteiger partial charge in [0.2, 0.25) is 0 Å². The Hall–Kier alpha value is -2.17. The quantitative estimate of drug-likeness (QED) is 0.443. The van der Waals surface area contributed by atoms with E-state index in [1.807, 2.05) is 19.9 Å². The van der Waals surface area contributed by atoms with Crippen LogP contribution in [0, 0.1) is 13.8 Å². The summed E-state index contributed by atoms with van der Waals surface area (Å²) in [5.74, 6) is -0.296. The number of carbonyl (C=O) groups excluding carboxylic acids is 2. The predicted molar refractivity (Wildman–Crippen MR) is 116 cm³/mol. The molecule has 0 unspecified atom stereocenters. The SMILES string of the molecule is CCOC(=O)OC1=C(c2cc(C)c(C)cc2Cl)C(=O)N(OCOC)C12CCN(OC)CC2. The number of halogens is 1. The minimum absolute atomic E-state index is 0.133. The van der Waals surface area contributed by atoms with Crippen molar-refractivity contribution in [2.45, 2.75) is 39.2 Å². The highest BCUT2D eigenvalue weighted by molar-refractivity contribution is 6.35. The lowest BCUT2D eigenvalue weighted by molar-refractivity contribution is -0.260. The number of piperidine rings is 1. The Balaban J connectivity index is 2.19. The van der Waals surface area contributed by atoms with E-state index in [4.69, 9.17) is 35.5 Å². The number of nitrogens with zero attached hydrogens (tertiary/aromatic N) is 2. The average Bonchev–Trinajstić information content (AvgIpc) is 2.97. The first-order valence-corrected chi connectivity index (χ1v) is 10.8. The first-order chi connectivity index (χ1) is 15.3. The Morgan fingerprint density at radius 2 is 1.81 bits per heavy atom. The van der Waals surface area contributed by atoms with Gasteiger partial charge in [0.25, 0.3) is 5.91 Å². The molecule has 1 aromatic rings. The molecule has 1 amide bonds. The van der Waals surface area contributed by atoms with Crippen LogP contribution in [-0.2, 0) is 28.7 Å². The molecule has 0 bridgehead atoms. The molecule has 0 aliphatic carbocycles. The lowest BCUT2D eigenvalue weighted by atomic mass is 9.85. The summed E-state index contributed by atoms with van der Waals surface area (Å²) in [6, 6.07) is 3.60. The molecule has 2 heterocycles. The van der Waals surface area contributed by atoms with E-state index in [2.05, 4.69) is 0 Å². The molecular weight excluding hydrogens is 440 g/mol. The summed E-state index contributed by atoms with van der Waals surface area (Å²) < 4.78 is 15.8. The summed E-state index contributed by atoms with van der Waals surface area (Å²) in [5.41, 5.74) is 1.52. The molecule has 1 aromatic carbocycles. The highest BCUT2D eigenvalue weighted by Crippen LogP contribution is 2.48. The molecule has 9 nitrogen and oxygen atoms in total. The van der Waals surface area contributed by atoms with E-state index in [1.165, 1.54) is 12.2 Å². The van der Waals surface area contributed by atoms with Gasteiger partial charge in [0.1, 0.15) is 5.54 Å². The van der Waals surface area contributed by atoms with Gasteiger partial charge in [0.15, 0.2) is 12.6 Å². The summed E-state index contributed by atoms with van der Waals surface area (Å²) in [6.45, 7) is 6.49. The van der Waals surface area contributed by atoms with Gasteiger partial charge in [0, 0.05) is 30.8 Å². The predicted octanol–water partition coefficient (Wildman–Crippen LogP) is 3.61. The van der Waals surface area contributed by atoms with E-state index in [-0.39, 0.29) is 24.7 Å². The number of hydrogen-bond donors (Lipinski definition) is 0. The fourth-order valence-electron chi connectivity index (χ4n) is 4.06. The van der Waals surface area contributed by atoms with Crippen LogP contribution in [0.4, 0.5) is 4.79 Å². The molecule has 3 rings (SSSR count). The smallest absolute Gasteiger partial charge is 0.434 e. The number of carbonyl (C=O) groups is 2. The summed E-state index contributed by atoms with van der Waals surface area (Å²) >= 11 is 6.56. The Labute approximate surface area is 192 Å². The van der Waals surface area contributed by atoms with E-state index < -0.39 is 17.6 Å². The highest BCUT2D eigenvalue weighted by atomic mass is 35.5. The van der Waals surface area contributed by atoms with Crippen LogP contribution in [0.25, 0.3) is 5.57 Å². The van der Waals surface area contributed by atoms with Crippen LogP contribution in [0.1, 0.15) is 36.5 Å². The molecule has 1 spiro atoms. The third kappa shape index (κ3) is 4.49. The monoisotopic (exact) mass is 468 g/mol. The second kappa shape index (κ2) is 10.2. The number of amides is 1. The molecule has 1 fully saturated rings. The zero-order valence-corrected chi connectivity index (χ0v) is 19.8. The van der Waals surface area contributed by atoms with E-state index in [0.29, 0.717) is 36.5 Å². The zero-order chi connectivity index (χ0) is 23.5. The molecule has 32 heavy (non-hydrogen) atoms. The Kier molecular flexibility index (Phi) is 7.79. The summed E-state index contributed by atoms with van der Waals surface area (Å²) in [7, 11) is 3.05. The topological polar surface area (TPSA) is 86.8 Å². The first-order valence-electron chi connectivity index (χ1n) is 10.4. The van der Waals surface area contributed by atoms with Crippen LogP contribution >= 0.6 is 11.6 Å². The van der Waals surface area contributed by atoms with Crippen LogP contribution < -0.4 is 0 Å². The van der Waals surface area contributed by atoms with Crippen molar-refractivity contribution in [3.05, 3.63) is 39.6 Å². The second-order valence-electron chi connectivity index (χ2n) is 7.68. The van der Waals surface area contributed by atoms with Crippen LogP contribution in [0.2, 0.25) is 5.02 Å². The fraction of sp³-hybridized carbons (Fsp3) is 0.545. The third-order valence-corrected chi connectivity index (χ3v) is 6.16. The van der Waals surface area contributed by atoms with Gasteiger partial charge in [-0.1, -0.05) is 11.6 Å². The van der Waals surface area contributed by atoms with Crippen molar-refractivity contribution in [2.75, 3.05) is 40.7 Å². The van der Waals surface area contributed by atoms with Crippen molar-refractivity contribution >= 4 is 29.2 Å². The van der Waals surface area contributed by atoms with Crippen molar-refractivity contribution < 1.29 is 33.5 Å². The molecule has 2 aliphatic rings. The van der Waals surface area contributed by atoms with Crippen molar-refractivity contribution in [1.82, 2.24) is 10.1 Å². The standard InChI is InChI=1S/C22H29ClN2O7/c1-6-30-21(27)32-19-18(16-11-14(2)15(3)12-17(16)23)20(26)25(31-13-28-4)22(19)7-9-24(29-5)10-8-22/h11-12H,6-10,13H2,1-5H3. The highest BCUT2D eigenvalue weighted by Gasteiger charge is 2.57. The maximum atomic E-state index is 13.7. The van der Waals surface area contributed by atoms with Crippen LogP contribution in [-0.4, -0.2) is 68.4 Å². The number of aryl methyl sites for hydroxylation is 2. The maximum Gasteiger partial charge on any atom is 0.513 e. The Bertz CT molecular complexity index is 910. The molecule has 0 radical (unpaired) electrons. The van der Waals surface area contributed by atoms with Gasteiger partial charge in [-0.3, -0.25) is 4.79 Å². The van der Waals surface area contributed by atoms with Crippen molar-refractivity contribution in [1.29, 1.82) is 0 Å². The van der Waals surface area contributed by atoms with Gasteiger partial charge < -0.3 is 19.0 Å². The molecule has 0 saturated carbocycles. The fourth-order valence-corrected chi connectivity index (χ4v) is 4.37. The average molecular weight is 469 g/mol. The molecular formula is C22H29ClN2O7. The van der Waals surface area contributed by atoms with Crippen LogP contribution in [0.15, 0.2) is 17.9 Å². The molecule has 176 valence electrons. The number of hydrogen-bond acceptors (Lipinski definition) is 8. The van der Waals surface area contributed by atoms with Gasteiger partial charge in [-0.05, 0) is 56.9 Å². The summed E-state index contributed by atoms with van der Waals surface area (Å²) in [4.78, 5) is 37.2. The van der Waals surface area contributed by atoms with Crippen LogP contribution in [0.3, 0.4) is 0 Å². The lowest BCUT2D eigenvalue weighted by Crippen LogP contribution is -2.55. The summed E-state index contributed by atoms with van der Waals surface area (Å²) in [5, 5.41) is 3.39. The number of hydroxylamine groups is 4. The van der Waals surface area contributed by atoms with Gasteiger partial charge in [-0.15, -0.1) is 0 Å². The number of benzene rings is 1. The van der Waals surface area contributed by atoms with Crippen molar-refractivity contribution in [3.8, 4) is 0 Å². The number of ether oxygens (including phenoxy) is 3. The number of rotatable bonds is 7. The molecule has 1 saturated heterocycles. The molecule has 0 N–H and O–H groups in total.